The number of benzene rings is 1. The monoisotopic (exact) mass is 429 g/mol. The van der Waals surface area contributed by atoms with E-state index in [2.05, 4.69) is 54.9 Å². The second-order valence-corrected chi connectivity index (χ2v) is 5.14. The van der Waals surface area contributed by atoms with Crippen LogP contribution in [0.5, 0.6) is 0 Å². The second-order valence-electron chi connectivity index (χ2n) is 5.14. The van der Waals surface area contributed by atoms with E-state index in [1.807, 2.05) is 21.1 Å². The molecule has 0 aliphatic carbocycles. The summed E-state index contributed by atoms with van der Waals surface area (Å²) in [7, 11) is 7.69. The van der Waals surface area contributed by atoms with Crippen LogP contribution in [-0.2, 0) is 20.1 Å². The van der Waals surface area contributed by atoms with Gasteiger partial charge in [-0.2, -0.15) is 5.10 Å². The van der Waals surface area contributed by atoms with E-state index < -0.39 is 0 Å². The van der Waals surface area contributed by atoms with Crippen LogP contribution < -0.4 is 15.5 Å². The number of nitrogens with zero attached hydrogens (tertiary/aromatic N) is 5. The SMILES string of the molecule is CN=C(NCc1ccc(N(C)C)cc1)NCc1ncnn1C.I. The molecule has 0 amide bonds. The summed E-state index contributed by atoms with van der Waals surface area (Å²) in [5, 5.41) is 10.5. The summed E-state index contributed by atoms with van der Waals surface area (Å²) >= 11 is 0. The van der Waals surface area contributed by atoms with Crippen LogP contribution in [-0.4, -0.2) is 41.9 Å². The van der Waals surface area contributed by atoms with E-state index in [4.69, 9.17) is 0 Å². The lowest BCUT2D eigenvalue weighted by Crippen LogP contribution is -2.36. The van der Waals surface area contributed by atoms with Gasteiger partial charge in [-0.15, -0.1) is 24.0 Å². The van der Waals surface area contributed by atoms with Crippen LogP contribution in [0.1, 0.15) is 11.4 Å². The Hall–Kier alpha value is -1.84. The van der Waals surface area contributed by atoms with Gasteiger partial charge in [-0.1, -0.05) is 12.1 Å². The lowest BCUT2D eigenvalue weighted by molar-refractivity contribution is 0.672. The van der Waals surface area contributed by atoms with E-state index in [9.17, 15) is 0 Å². The van der Waals surface area contributed by atoms with Crippen LogP contribution in [0.15, 0.2) is 35.6 Å². The highest BCUT2D eigenvalue weighted by Crippen LogP contribution is 2.11. The van der Waals surface area contributed by atoms with E-state index in [0.29, 0.717) is 13.1 Å². The van der Waals surface area contributed by atoms with Gasteiger partial charge < -0.3 is 15.5 Å². The third kappa shape index (κ3) is 5.70. The first-order valence-corrected chi connectivity index (χ1v) is 7.14. The Labute approximate surface area is 154 Å². The normalized spacial score (nSPS) is 10.9. The summed E-state index contributed by atoms with van der Waals surface area (Å²) in [5.74, 6) is 1.60. The van der Waals surface area contributed by atoms with Crippen molar-refractivity contribution >= 4 is 35.6 Å². The lowest BCUT2D eigenvalue weighted by Gasteiger charge is -2.14. The summed E-state index contributed by atoms with van der Waals surface area (Å²) < 4.78 is 1.74. The van der Waals surface area contributed by atoms with Crippen molar-refractivity contribution in [3.05, 3.63) is 42.0 Å². The van der Waals surface area contributed by atoms with Crippen molar-refractivity contribution in [3.8, 4) is 0 Å². The third-order valence-electron chi connectivity index (χ3n) is 3.36. The number of rotatable bonds is 5. The van der Waals surface area contributed by atoms with Crippen molar-refractivity contribution < 1.29 is 0 Å². The molecule has 1 aromatic heterocycles. The number of hydrogen-bond acceptors (Lipinski definition) is 4. The summed E-state index contributed by atoms with van der Waals surface area (Å²) in [4.78, 5) is 10.5. The van der Waals surface area contributed by atoms with E-state index in [-0.39, 0.29) is 24.0 Å². The first-order chi connectivity index (χ1) is 10.6. The standard InChI is InChI=1S/C15H23N7.HI/c1-16-15(18-10-14-19-11-20-22(14)4)17-9-12-5-7-13(8-6-12)21(2)3;/h5-8,11H,9-10H2,1-4H3,(H2,16,17,18);1H. The molecule has 0 aliphatic rings. The maximum Gasteiger partial charge on any atom is 0.191 e. The van der Waals surface area contributed by atoms with Crippen molar-refractivity contribution in [2.45, 2.75) is 13.1 Å². The molecule has 0 atom stereocenters. The fourth-order valence-electron chi connectivity index (χ4n) is 1.96. The maximum atomic E-state index is 4.21. The molecule has 0 radical (unpaired) electrons. The molecule has 0 saturated carbocycles. The van der Waals surface area contributed by atoms with Crippen molar-refractivity contribution in [1.29, 1.82) is 0 Å². The van der Waals surface area contributed by atoms with Crippen molar-refractivity contribution in [2.75, 3.05) is 26.0 Å². The molecule has 1 aromatic carbocycles. The number of hydrogen-bond donors (Lipinski definition) is 2. The molecule has 7 nitrogen and oxygen atoms in total. The van der Waals surface area contributed by atoms with Gasteiger partial charge in [0.2, 0.25) is 0 Å². The van der Waals surface area contributed by atoms with Gasteiger partial charge in [0.15, 0.2) is 5.96 Å². The molecule has 23 heavy (non-hydrogen) atoms. The molecule has 2 aromatic rings. The highest BCUT2D eigenvalue weighted by molar-refractivity contribution is 14.0. The predicted octanol–water partition coefficient (Wildman–Crippen LogP) is 1.36. The van der Waals surface area contributed by atoms with Gasteiger partial charge in [0.1, 0.15) is 12.2 Å². The van der Waals surface area contributed by atoms with Crippen LogP contribution in [0.2, 0.25) is 0 Å². The number of aliphatic imine (C=N–C) groups is 1. The van der Waals surface area contributed by atoms with Gasteiger partial charge in [-0.25, -0.2) is 4.98 Å². The molecule has 0 fully saturated rings. The number of aryl methyl sites for hydroxylation is 1. The molecule has 0 unspecified atom stereocenters. The maximum absolute atomic E-state index is 4.21. The molecule has 0 bridgehead atoms. The van der Waals surface area contributed by atoms with Crippen molar-refractivity contribution in [1.82, 2.24) is 25.4 Å². The number of aromatic nitrogens is 3. The van der Waals surface area contributed by atoms with Gasteiger partial charge in [0.25, 0.3) is 0 Å². The fourth-order valence-corrected chi connectivity index (χ4v) is 1.96. The summed E-state index contributed by atoms with van der Waals surface area (Å²) in [6.07, 6.45) is 1.54. The Balaban J connectivity index is 0.00000264. The Morgan fingerprint density at radius 3 is 2.35 bits per heavy atom. The number of anilines is 1. The minimum Gasteiger partial charge on any atom is -0.378 e. The van der Waals surface area contributed by atoms with E-state index in [0.717, 1.165) is 11.8 Å². The second kappa shape index (κ2) is 9.33. The average Bonchev–Trinajstić information content (AvgIpc) is 2.93. The van der Waals surface area contributed by atoms with E-state index >= 15 is 0 Å². The van der Waals surface area contributed by atoms with Crippen LogP contribution >= 0.6 is 24.0 Å². The molecule has 0 saturated heterocycles. The van der Waals surface area contributed by atoms with Crippen LogP contribution in [0.3, 0.4) is 0 Å². The highest BCUT2D eigenvalue weighted by Gasteiger charge is 2.03. The zero-order chi connectivity index (χ0) is 15.9. The third-order valence-corrected chi connectivity index (χ3v) is 3.36. The summed E-state index contributed by atoms with van der Waals surface area (Å²) in [6.45, 7) is 1.29. The first kappa shape index (κ1) is 19.2. The van der Waals surface area contributed by atoms with Crippen LogP contribution in [0, 0.1) is 0 Å². The number of nitrogens with one attached hydrogen (secondary N) is 2. The smallest absolute Gasteiger partial charge is 0.191 e. The molecule has 0 aliphatic heterocycles. The summed E-state index contributed by atoms with van der Waals surface area (Å²) in [6, 6.07) is 8.43. The summed E-state index contributed by atoms with van der Waals surface area (Å²) in [5.41, 5.74) is 2.39. The predicted molar refractivity (Wildman–Crippen MR) is 104 cm³/mol. The van der Waals surface area contributed by atoms with Gasteiger partial charge in [0, 0.05) is 40.4 Å². The Bertz CT molecular complexity index is 619. The molecule has 1 heterocycles. The molecule has 2 N–H and O–H groups in total. The fraction of sp³-hybridized carbons (Fsp3) is 0.400. The van der Waals surface area contributed by atoms with Gasteiger partial charge in [-0.3, -0.25) is 9.67 Å². The van der Waals surface area contributed by atoms with E-state index in [1.54, 1.807) is 18.1 Å². The number of guanidine groups is 1. The Morgan fingerprint density at radius 2 is 1.83 bits per heavy atom. The molecular weight excluding hydrogens is 405 g/mol. The highest BCUT2D eigenvalue weighted by atomic mass is 127. The van der Waals surface area contributed by atoms with Crippen molar-refractivity contribution in [2.24, 2.45) is 12.0 Å². The molecule has 0 spiro atoms. The van der Waals surface area contributed by atoms with Gasteiger partial charge in [-0.05, 0) is 17.7 Å². The Kier molecular flexibility index (Phi) is 7.79. The van der Waals surface area contributed by atoms with Crippen LogP contribution in [0.25, 0.3) is 0 Å². The minimum absolute atomic E-state index is 0. The molecule has 126 valence electrons. The van der Waals surface area contributed by atoms with Crippen molar-refractivity contribution in [3.63, 3.8) is 0 Å². The number of halogens is 1. The van der Waals surface area contributed by atoms with Gasteiger partial charge >= 0.3 is 0 Å². The zero-order valence-corrected chi connectivity index (χ0v) is 16.3. The Morgan fingerprint density at radius 1 is 1.17 bits per heavy atom. The molecule has 8 heteroatoms. The quantitative estimate of drug-likeness (QED) is 0.427. The largest absolute Gasteiger partial charge is 0.378 e. The average molecular weight is 429 g/mol. The molecule has 2 rings (SSSR count). The van der Waals surface area contributed by atoms with Gasteiger partial charge in [0.05, 0.1) is 6.54 Å². The zero-order valence-electron chi connectivity index (χ0n) is 13.9. The molecular formula is C15H24IN7. The first-order valence-electron chi connectivity index (χ1n) is 7.14. The van der Waals surface area contributed by atoms with Crippen LogP contribution in [0.4, 0.5) is 5.69 Å². The minimum atomic E-state index is 0. The lowest BCUT2D eigenvalue weighted by atomic mass is 10.2. The topological polar surface area (TPSA) is 70.4 Å². The van der Waals surface area contributed by atoms with E-state index in [1.165, 1.54) is 11.3 Å².